The fourth-order valence-electron chi connectivity index (χ4n) is 2.98. The molecular weight excluding hydrogens is 306 g/mol. The fourth-order valence-corrected chi connectivity index (χ4v) is 2.98. The second-order valence-corrected chi connectivity index (χ2v) is 6.03. The van der Waals surface area contributed by atoms with Gasteiger partial charge in [-0.2, -0.15) is 0 Å². The molecule has 0 saturated heterocycles. The van der Waals surface area contributed by atoms with Gasteiger partial charge in [0, 0.05) is 30.9 Å². The minimum absolute atomic E-state index is 0.0261. The first-order valence-corrected chi connectivity index (χ1v) is 7.87. The van der Waals surface area contributed by atoms with Crippen LogP contribution in [0.3, 0.4) is 0 Å². The standard InChI is InChI=1S/C18H19N3O3/c1-13-10-16(21(23)24)6-7-17(13)19-18(22)12-20-9-8-14-4-2-3-5-15(14)11-20/h2-7,10H,8-9,11-12H2,1H3,(H,19,22). The van der Waals surface area contributed by atoms with E-state index >= 15 is 0 Å². The molecule has 1 aliphatic rings. The van der Waals surface area contributed by atoms with Gasteiger partial charge in [-0.15, -0.1) is 0 Å². The van der Waals surface area contributed by atoms with Crippen LogP contribution in [0, 0.1) is 17.0 Å². The number of anilines is 1. The van der Waals surface area contributed by atoms with Gasteiger partial charge in [0.2, 0.25) is 5.91 Å². The van der Waals surface area contributed by atoms with Crippen molar-refractivity contribution < 1.29 is 9.72 Å². The van der Waals surface area contributed by atoms with Gasteiger partial charge in [-0.3, -0.25) is 19.8 Å². The highest BCUT2D eigenvalue weighted by Gasteiger charge is 2.18. The van der Waals surface area contributed by atoms with Gasteiger partial charge in [0.05, 0.1) is 11.5 Å². The van der Waals surface area contributed by atoms with Crippen molar-refractivity contribution in [2.75, 3.05) is 18.4 Å². The van der Waals surface area contributed by atoms with Crippen LogP contribution in [0.5, 0.6) is 0 Å². The molecule has 0 radical (unpaired) electrons. The minimum Gasteiger partial charge on any atom is -0.325 e. The summed E-state index contributed by atoms with van der Waals surface area (Å²) in [6.45, 7) is 3.68. The van der Waals surface area contributed by atoms with Crippen molar-refractivity contribution in [2.45, 2.75) is 19.9 Å². The largest absolute Gasteiger partial charge is 0.325 e. The summed E-state index contributed by atoms with van der Waals surface area (Å²) in [4.78, 5) is 24.7. The zero-order valence-corrected chi connectivity index (χ0v) is 13.5. The van der Waals surface area contributed by atoms with Crippen molar-refractivity contribution in [3.05, 3.63) is 69.3 Å². The van der Waals surface area contributed by atoms with E-state index in [0.29, 0.717) is 17.8 Å². The summed E-state index contributed by atoms with van der Waals surface area (Å²) in [7, 11) is 0. The molecule has 24 heavy (non-hydrogen) atoms. The zero-order chi connectivity index (χ0) is 17.1. The van der Waals surface area contributed by atoms with Crippen LogP contribution < -0.4 is 5.32 Å². The van der Waals surface area contributed by atoms with Crippen molar-refractivity contribution >= 4 is 17.3 Å². The average Bonchev–Trinajstić information content (AvgIpc) is 2.56. The number of amides is 1. The second-order valence-electron chi connectivity index (χ2n) is 6.03. The third kappa shape index (κ3) is 3.60. The van der Waals surface area contributed by atoms with Gasteiger partial charge in [0.1, 0.15) is 0 Å². The van der Waals surface area contributed by atoms with Crippen LogP contribution in [0.25, 0.3) is 0 Å². The molecule has 0 bridgehead atoms. The van der Waals surface area contributed by atoms with Gasteiger partial charge < -0.3 is 5.32 Å². The number of carbonyl (C=O) groups excluding carboxylic acids is 1. The molecule has 1 heterocycles. The van der Waals surface area contributed by atoms with E-state index in [9.17, 15) is 14.9 Å². The topological polar surface area (TPSA) is 75.5 Å². The number of benzene rings is 2. The van der Waals surface area contributed by atoms with E-state index in [1.807, 2.05) is 12.1 Å². The van der Waals surface area contributed by atoms with Crippen LogP contribution in [0.1, 0.15) is 16.7 Å². The molecule has 0 aliphatic carbocycles. The van der Waals surface area contributed by atoms with E-state index in [0.717, 1.165) is 19.5 Å². The van der Waals surface area contributed by atoms with Crippen LogP contribution in [0.2, 0.25) is 0 Å². The van der Waals surface area contributed by atoms with Crippen LogP contribution in [0.4, 0.5) is 11.4 Å². The lowest BCUT2D eigenvalue weighted by Crippen LogP contribution is -2.37. The Labute approximate surface area is 140 Å². The molecule has 6 heteroatoms. The molecule has 2 aromatic carbocycles. The van der Waals surface area contributed by atoms with Gasteiger partial charge in [-0.25, -0.2) is 0 Å². The molecule has 0 aromatic heterocycles. The second kappa shape index (κ2) is 6.80. The van der Waals surface area contributed by atoms with E-state index in [1.165, 1.54) is 23.3 Å². The number of nitro groups is 1. The number of nitrogens with zero attached hydrogens (tertiary/aromatic N) is 2. The number of carbonyl (C=O) groups is 1. The third-order valence-electron chi connectivity index (χ3n) is 4.27. The monoisotopic (exact) mass is 325 g/mol. The first kappa shape index (κ1) is 16.1. The molecule has 1 N–H and O–H groups in total. The molecule has 2 aromatic rings. The maximum absolute atomic E-state index is 12.3. The predicted octanol–water partition coefficient (Wildman–Crippen LogP) is 2.90. The maximum atomic E-state index is 12.3. The fraction of sp³-hybridized carbons (Fsp3) is 0.278. The molecule has 0 unspecified atom stereocenters. The van der Waals surface area contributed by atoms with Gasteiger partial charge in [-0.1, -0.05) is 24.3 Å². The summed E-state index contributed by atoms with van der Waals surface area (Å²) in [5.41, 5.74) is 3.94. The lowest BCUT2D eigenvalue weighted by molar-refractivity contribution is -0.384. The molecule has 6 nitrogen and oxygen atoms in total. The van der Waals surface area contributed by atoms with Gasteiger partial charge in [-0.05, 0) is 36.1 Å². The summed E-state index contributed by atoms with van der Waals surface area (Å²) < 4.78 is 0. The molecule has 3 rings (SSSR count). The van der Waals surface area contributed by atoms with E-state index in [4.69, 9.17) is 0 Å². The predicted molar refractivity (Wildman–Crippen MR) is 91.9 cm³/mol. The number of hydrogen-bond acceptors (Lipinski definition) is 4. The van der Waals surface area contributed by atoms with E-state index < -0.39 is 4.92 Å². The molecule has 0 saturated carbocycles. The first-order chi connectivity index (χ1) is 11.5. The number of aryl methyl sites for hydroxylation is 1. The van der Waals surface area contributed by atoms with Gasteiger partial charge in [0.15, 0.2) is 0 Å². The van der Waals surface area contributed by atoms with Crippen LogP contribution in [0.15, 0.2) is 42.5 Å². The Bertz CT molecular complexity index is 789. The van der Waals surface area contributed by atoms with E-state index in [2.05, 4.69) is 22.3 Å². The van der Waals surface area contributed by atoms with E-state index in [-0.39, 0.29) is 11.6 Å². The zero-order valence-electron chi connectivity index (χ0n) is 13.5. The maximum Gasteiger partial charge on any atom is 0.269 e. The number of non-ortho nitro benzene ring substituents is 1. The van der Waals surface area contributed by atoms with Crippen LogP contribution in [-0.2, 0) is 17.8 Å². The number of fused-ring (bicyclic) bond motifs is 1. The Morgan fingerprint density at radius 2 is 2.00 bits per heavy atom. The Kier molecular flexibility index (Phi) is 4.57. The van der Waals surface area contributed by atoms with Gasteiger partial charge in [0.25, 0.3) is 5.69 Å². The van der Waals surface area contributed by atoms with Crippen molar-refractivity contribution in [2.24, 2.45) is 0 Å². The van der Waals surface area contributed by atoms with Crippen molar-refractivity contribution in [3.63, 3.8) is 0 Å². The van der Waals surface area contributed by atoms with Gasteiger partial charge >= 0.3 is 0 Å². The summed E-state index contributed by atoms with van der Waals surface area (Å²) >= 11 is 0. The molecule has 0 fully saturated rings. The highest BCUT2D eigenvalue weighted by atomic mass is 16.6. The molecular formula is C18H19N3O3. The van der Waals surface area contributed by atoms with E-state index in [1.54, 1.807) is 13.0 Å². The minimum atomic E-state index is -0.441. The number of hydrogen-bond donors (Lipinski definition) is 1. The first-order valence-electron chi connectivity index (χ1n) is 7.87. The lowest BCUT2D eigenvalue weighted by atomic mass is 10.00. The van der Waals surface area contributed by atoms with Crippen LogP contribution in [-0.4, -0.2) is 28.8 Å². The average molecular weight is 325 g/mol. The Morgan fingerprint density at radius 3 is 2.71 bits per heavy atom. The highest BCUT2D eigenvalue weighted by molar-refractivity contribution is 5.93. The smallest absolute Gasteiger partial charge is 0.269 e. The SMILES string of the molecule is Cc1cc([N+](=O)[O-])ccc1NC(=O)CN1CCc2ccccc2C1. The quantitative estimate of drug-likeness (QED) is 0.693. The lowest BCUT2D eigenvalue weighted by Gasteiger charge is -2.28. The number of nitrogens with one attached hydrogen (secondary N) is 1. The molecule has 0 spiro atoms. The Morgan fingerprint density at radius 1 is 1.25 bits per heavy atom. The summed E-state index contributed by atoms with van der Waals surface area (Å²) in [5.74, 6) is -0.105. The highest BCUT2D eigenvalue weighted by Crippen LogP contribution is 2.22. The summed E-state index contributed by atoms with van der Waals surface area (Å²) in [6.07, 6.45) is 0.944. The molecule has 1 aliphatic heterocycles. The molecule has 1 amide bonds. The Balaban J connectivity index is 1.61. The summed E-state index contributed by atoms with van der Waals surface area (Å²) in [5, 5.41) is 13.6. The molecule has 0 atom stereocenters. The summed E-state index contributed by atoms with van der Waals surface area (Å²) in [6, 6.07) is 12.7. The number of nitro benzene ring substituents is 1. The van der Waals surface area contributed by atoms with Crippen molar-refractivity contribution in [3.8, 4) is 0 Å². The normalized spacial score (nSPS) is 14.0. The third-order valence-corrected chi connectivity index (χ3v) is 4.27. The Hall–Kier alpha value is -2.73. The molecule has 124 valence electrons. The van der Waals surface area contributed by atoms with Crippen LogP contribution >= 0.6 is 0 Å². The number of rotatable bonds is 4. The van der Waals surface area contributed by atoms with Crippen molar-refractivity contribution in [1.29, 1.82) is 0 Å². The van der Waals surface area contributed by atoms with Crippen molar-refractivity contribution in [1.82, 2.24) is 4.90 Å².